The van der Waals surface area contributed by atoms with Gasteiger partial charge in [-0.25, -0.2) is 9.37 Å². The van der Waals surface area contributed by atoms with Crippen LogP contribution in [0.2, 0.25) is 0 Å². The number of fused-ring (bicyclic) bond motifs is 1. The van der Waals surface area contributed by atoms with Crippen LogP contribution >= 0.6 is 31.9 Å². The monoisotopic (exact) mass is 593 g/mol. The van der Waals surface area contributed by atoms with E-state index in [1.165, 1.54) is 6.07 Å². The van der Waals surface area contributed by atoms with Crippen molar-refractivity contribution in [3.63, 3.8) is 0 Å². The van der Waals surface area contributed by atoms with Crippen molar-refractivity contribution in [2.45, 2.75) is 38.0 Å². The molecule has 1 N–H and O–H groups in total. The first-order valence-electron chi connectivity index (χ1n) is 10.3. The van der Waals surface area contributed by atoms with Crippen LogP contribution in [0.1, 0.15) is 38.1 Å². The van der Waals surface area contributed by atoms with Crippen molar-refractivity contribution in [2.24, 2.45) is 0 Å². The summed E-state index contributed by atoms with van der Waals surface area (Å²) in [6.45, 7) is 5.67. The van der Waals surface area contributed by atoms with Crippen LogP contribution in [0.15, 0.2) is 68.2 Å². The summed E-state index contributed by atoms with van der Waals surface area (Å²) < 4.78 is 37.4. The Kier molecular flexibility index (Phi) is 7.26. The number of pyridine rings is 1. The molecule has 0 aliphatic heterocycles. The third kappa shape index (κ3) is 5.49. The summed E-state index contributed by atoms with van der Waals surface area (Å²) >= 11 is 5.37. The van der Waals surface area contributed by atoms with E-state index in [0.29, 0.717) is 15.9 Å². The van der Waals surface area contributed by atoms with Crippen LogP contribution in [-0.4, -0.2) is 19.4 Å². The van der Waals surface area contributed by atoms with Gasteiger partial charge in [0.15, 0.2) is 5.58 Å². The molecule has 5 nitrogen and oxygen atoms in total. The number of nitrogens with zero attached hydrogens (tertiary/aromatic N) is 2. The average molecular weight is 595 g/mol. The highest BCUT2D eigenvalue weighted by molar-refractivity contribution is 9.10. The predicted octanol–water partition coefficient (Wildman–Crippen LogP) is 6.89. The molecule has 0 amide bonds. The number of nitrogens with one attached hydrogen (secondary N) is 1. The van der Waals surface area contributed by atoms with Crippen molar-refractivity contribution >= 4 is 54.2 Å². The van der Waals surface area contributed by atoms with Crippen molar-refractivity contribution in [2.75, 3.05) is 0 Å². The second kappa shape index (κ2) is 9.84. The largest absolute Gasteiger partial charge is 0.598 e. The van der Waals surface area contributed by atoms with Crippen LogP contribution < -0.4 is 4.72 Å². The highest BCUT2D eigenvalue weighted by Crippen LogP contribution is 2.36. The summed E-state index contributed by atoms with van der Waals surface area (Å²) in [5.41, 5.74) is 3.24. The molecule has 172 valence electrons. The average Bonchev–Trinajstić information content (AvgIpc) is 3.18. The number of aromatic nitrogens is 2. The van der Waals surface area contributed by atoms with Crippen molar-refractivity contribution in [3.8, 4) is 11.3 Å². The van der Waals surface area contributed by atoms with E-state index in [0.717, 1.165) is 21.0 Å². The molecule has 4 aromatic rings. The summed E-state index contributed by atoms with van der Waals surface area (Å²) in [6, 6.07) is 15.9. The Morgan fingerprint density at radius 2 is 1.88 bits per heavy atom. The number of halogens is 3. The quantitative estimate of drug-likeness (QED) is 0.194. The van der Waals surface area contributed by atoms with Gasteiger partial charge in [0.2, 0.25) is 0 Å². The van der Waals surface area contributed by atoms with Gasteiger partial charge in [0.1, 0.15) is 20.9 Å². The Bertz CT molecular complexity index is 1290. The summed E-state index contributed by atoms with van der Waals surface area (Å²) in [5, 5.41) is 5.17. The smallest absolute Gasteiger partial charge is 0.168 e. The third-order valence-corrected chi connectivity index (χ3v) is 7.66. The zero-order valence-electron chi connectivity index (χ0n) is 18.2. The van der Waals surface area contributed by atoms with Gasteiger partial charge in [-0.3, -0.25) is 0 Å². The lowest BCUT2D eigenvalue weighted by molar-refractivity contribution is 0.459. The van der Waals surface area contributed by atoms with Crippen LogP contribution in [-0.2, 0) is 17.8 Å². The van der Waals surface area contributed by atoms with Crippen LogP contribution in [0.4, 0.5) is 4.39 Å². The lowest BCUT2D eigenvalue weighted by Gasteiger charge is -2.29. The first-order valence-corrected chi connectivity index (χ1v) is 13.0. The summed E-state index contributed by atoms with van der Waals surface area (Å²) in [5.74, 6) is -0.416. The lowest BCUT2D eigenvalue weighted by atomic mass is 9.94. The fraction of sp³-hybridized carbons (Fsp3) is 0.250. The fourth-order valence-corrected chi connectivity index (χ4v) is 4.95. The normalized spacial score (nSPS) is 13.9. The number of benzene rings is 2. The maximum atomic E-state index is 14.6. The predicted molar refractivity (Wildman–Crippen MR) is 137 cm³/mol. The molecule has 0 unspecified atom stereocenters. The van der Waals surface area contributed by atoms with Gasteiger partial charge in [-0.1, -0.05) is 45.4 Å². The zero-order chi connectivity index (χ0) is 23.8. The Morgan fingerprint density at radius 3 is 2.64 bits per heavy atom. The second-order valence-electron chi connectivity index (χ2n) is 8.58. The molecule has 2 atom stereocenters. The van der Waals surface area contributed by atoms with Gasteiger partial charge in [-0.05, 0) is 72.6 Å². The van der Waals surface area contributed by atoms with E-state index >= 15 is 0 Å². The first-order chi connectivity index (χ1) is 15.6. The van der Waals surface area contributed by atoms with Gasteiger partial charge in [-0.15, -0.1) is 4.72 Å². The Hall–Kier alpha value is -1.78. The summed E-state index contributed by atoms with van der Waals surface area (Å²) in [6.07, 6.45) is 0.200. The van der Waals surface area contributed by atoms with Gasteiger partial charge < -0.3 is 9.08 Å². The molecule has 0 fully saturated rings. The third-order valence-electron chi connectivity index (χ3n) is 5.11. The molecule has 0 saturated heterocycles. The molecule has 0 bridgehead atoms. The molecule has 0 radical (unpaired) electrons. The van der Waals surface area contributed by atoms with E-state index in [4.69, 9.17) is 4.52 Å². The van der Waals surface area contributed by atoms with Gasteiger partial charge in [0.25, 0.3) is 0 Å². The standard InChI is InChI=1S/C24H22Br2FN3O2S/c1-24(2,3)33(31)30-19(13-20-18(27)10-11-22(26)28-20)15-6-4-5-7-16(15)23-17-9-8-14(25)12-21(17)32-29-23/h4-12,19,30H,13H2,1-3H3/t19-,33-/m0/s1. The molecule has 2 aromatic heterocycles. The van der Waals surface area contributed by atoms with E-state index in [1.807, 2.05) is 63.2 Å². The van der Waals surface area contributed by atoms with E-state index in [-0.39, 0.29) is 12.1 Å². The minimum absolute atomic E-state index is 0.200. The van der Waals surface area contributed by atoms with E-state index in [1.54, 1.807) is 6.07 Å². The molecule has 2 heterocycles. The van der Waals surface area contributed by atoms with Crippen molar-refractivity contribution in [1.82, 2.24) is 14.9 Å². The van der Waals surface area contributed by atoms with Gasteiger partial charge in [0.05, 0.1) is 11.7 Å². The van der Waals surface area contributed by atoms with Crippen molar-refractivity contribution in [3.05, 3.63) is 80.7 Å². The van der Waals surface area contributed by atoms with Crippen LogP contribution in [0.5, 0.6) is 0 Å². The molecule has 0 aliphatic rings. The summed E-state index contributed by atoms with van der Waals surface area (Å²) in [7, 11) is 0. The molecule has 33 heavy (non-hydrogen) atoms. The number of hydrogen-bond acceptors (Lipinski definition) is 5. The lowest BCUT2D eigenvalue weighted by Crippen LogP contribution is -2.42. The minimum atomic E-state index is -1.40. The van der Waals surface area contributed by atoms with Gasteiger partial charge in [0, 0.05) is 33.2 Å². The Labute approximate surface area is 211 Å². The highest BCUT2D eigenvalue weighted by Gasteiger charge is 2.32. The molecular weight excluding hydrogens is 573 g/mol. The maximum absolute atomic E-state index is 14.6. The first kappa shape index (κ1) is 24.3. The van der Waals surface area contributed by atoms with Crippen molar-refractivity contribution < 1.29 is 13.5 Å². The van der Waals surface area contributed by atoms with Gasteiger partial charge >= 0.3 is 0 Å². The van der Waals surface area contributed by atoms with E-state index in [9.17, 15) is 8.94 Å². The highest BCUT2D eigenvalue weighted by atomic mass is 79.9. The Balaban J connectivity index is 1.82. The Morgan fingerprint density at radius 1 is 1.12 bits per heavy atom. The molecule has 4 rings (SSSR count). The SMILES string of the molecule is CC(C)(C)[S@+]([O-])N[C@@H](Cc1nc(Br)ccc1F)c1ccccc1-c1noc2cc(Br)ccc12. The van der Waals surface area contributed by atoms with Crippen LogP contribution in [0.3, 0.4) is 0 Å². The molecule has 9 heteroatoms. The zero-order valence-corrected chi connectivity index (χ0v) is 22.2. The number of hydrogen-bond donors (Lipinski definition) is 1. The van der Waals surface area contributed by atoms with E-state index < -0.39 is 28.0 Å². The molecule has 0 saturated carbocycles. The molecule has 2 aromatic carbocycles. The minimum Gasteiger partial charge on any atom is -0.598 e. The molecule has 0 spiro atoms. The van der Waals surface area contributed by atoms with Crippen LogP contribution in [0.25, 0.3) is 22.2 Å². The molecular formula is C24H22Br2FN3O2S. The van der Waals surface area contributed by atoms with Crippen molar-refractivity contribution in [1.29, 1.82) is 0 Å². The van der Waals surface area contributed by atoms with E-state index in [2.05, 4.69) is 46.7 Å². The van der Waals surface area contributed by atoms with Gasteiger partial charge in [-0.2, -0.15) is 0 Å². The molecule has 0 aliphatic carbocycles. The van der Waals surface area contributed by atoms with Crippen LogP contribution in [0, 0.1) is 5.82 Å². The number of rotatable bonds is 6. The second-order valence-corrected chi connectivity index (χ2v) is 12.3. The fourth-order valence-electron chi connectivity index (χ4n) is 3.44. The topological polar surface area (TPSA) is 74.0 Å². The summed E-state index contributed by atoms with van der Waals surface area (Å²) in [4.78, 5) is 4.32. The maximum Gasteiger partial charge on any atom is 0.168 e.